The molecule has 1 amide bonds. The minimum absolute atomic E-state index is 0. The number of fused-ring (bicyclic) bond motifs is 3. The van der Waals surface area contributed by atoms with E-state index in [0.29, 0.717) is 18.2 Å². The van der Waals surface area contributed by atoms with Crippen LogP contribution >= 0.6 is 27.3 Å². The number of halogens is 3. The summed E-state index contributed by atoms with van der Waals surface area (Å²) >= 11 is 5.08. The lowest BCUT2D eigenvalue weighted by molar-refractivity contribution is -0.947. The van der Waals surface area contributed by atoms with E-state index in [4.69, 9.17) is 4.74 Å². The number of hydrogen-bond donors (Lipinski definition) is 0. The van der Waals surface area contributed by atoms with Gasteiger partial charge in [-0.15, -0.1) is 11.3 Å². The first-order valence-electron chi connectivity index (χ1n) is 10.8. The molecule has 4 aliphatic rings. The SMILES string of the molecule is O=C(O[C@H]1C[N+]2(CC3CC3)CCC1CC2)N(Cc1ccc(Br)s1)c1ccc(F)cc1.[Br-]. The van der Waals surface area contributed by atoms with E-state index in [1.165, 1.54) is 44.6 Å². The molecule has 1 saturated carbocycles. The van der Waals surface area contributed by atoms with Crippen LogP contribution in [0.5, 0.6) is 0 Å². The van der Waals surface area contributed by atoms with Gasteiger partial charge in [0.15, 0.2) is 6.10 Å². The number of quaternary nitrogens is 1. The first kappa shape index (κ1) is 23.2. The van der Waals surface area contributed by atoms with Gasteiger partial charge in [-0.3, -0.25) is 4.90 Å². The molecule has 1 atom stereocenters. The third kappa shape index (κ3) is 5.34. The van der Waals surface area contributed by atoms with Gasteiger partial charge in [-0.2, -0.15) is 0 Å². The fourth-order valence-electron chi connectivity index (χ4n) is 5.13. The molecule has 1 aromatic carbocycles. The maximum Gasteiger partial charge on any atom is 0.415 e. The third-order valence-electron chi connectivity index (χ3n) is 6.94. The van der Waals surface area contributed by atoms with Crippen molar-refractivity contribution in [3.05, 3.63) is 50.9 Å². The van der Waals surface area contributed by atoms with Crippen LogP contribution in [-0.2, 0) is 11.3 Å². The number of rotatable bonds is 6. The van der Waals surface area contributed by atoms with E-state index in [2.05, 4.69) is 15.9 Å². The van der Waals surface area contributed by atoms with E-state index in [0.717, 1.165) is 38.5 Å². The summed E-state index contributed by atoms with van der Waals surface area (Å²) in [7, 11) is 0. The van der Waals surface area contributed by atoms with Crippen LogP contribution in [0.1, 0.15) is 30.6 Å². The van der Waals surface area contributed by atoms with E-state index >= 15 is 0 Å². The number of ether oxygens (including phenoxy) is 1. The Labute approximate surface area is 205 Å². The van der Waals surface area contributed by atoms with Crippen LogP contribution in [0.3, 0.4) is 0 Å². The van der Waals surface area contributed by atoms with Crippen LogP contribution < -0.4 is 21.9 Å². The molecule has 0 unspecified atom stereocenters. The molecular formula is C23H27Br2FN2O2S. The lowest BCUT2D eigenvalue weighted by Gasteiger charge is -2.52. The first-order chi connectivity index (χ1) is 14.5. The zero-order chi connectivity index (χ0) is 20.7. The van der Waals surface area contributed by atoms with Gasteiger partial charge in [0, 0.05) is 35.2 Å². The summed E-state index contributed by atoms with van der Waals surface area (Å²) in [6.45, 7) is 5.10. The summed E-state index contributed by atoms with van der Waals surface area (Å²) in [6, 6.07) is 10.1. The highest BCUT2D eigenvalue weighted by Gasteiger charge is 2.49. The average Bonchev–Trinajstić information content (AvgIpc) is 3.45. The monoisotopic (exact) mass is 572 g/mol. The minimum atomic E-state index is -0.325. The molecule has 4 fully saturated rings. The zero-order valence-electron chi connectivity index (χ0n) is 17.3. The molecule has 3 aliphatic heterocycles. The Morgan fingerprint density at radius 2 is 1.84 bits per heavy atom. The molecule has 1 aromatic heterocycles. The van der Waals surface area contributed by atoms with E-state index in [1.807, 2.05) is 12.1 Å². The van der Waals surface area contributed by atoms with Crippen molar-refractivity contribution in [3.63, 3.8) is 0 Å². The molecule has 0 N–H and O–H groups in total. The molecular weight excluding hydrogens is 547 g/mol. The number of nitrogens with zero attached hydrogens (tertiary/aromatic N) is 2. The predicted octanol–water partition coefficient (Wildman–Crippen LogP) is 2.82. The van der Waals surface area contributed by atoms with Crippen molar-refractivity contribution in [3.8, 4) is 0 Å². The van der Waals surface area contributed by atoms with Crippen LogP contribution in [0.25, 0.3) is 0 Å². The number of carbonyl (C=O) groups is 1. The number of amides is 1. The van der Waals surface area contributed by atoms with Gasteiger partial charge in [0.05, 0.1) is 30.0 Å². The normalized spacial score (nSPS) is 26.9. The average molecular weight is 574 g/mol. The van der Waals surface area contributed by atoms with Crippen LogP contribution in [-0.4, -0.2) is 42.9 Å². The zero-order valence-corrected chi connectivity index (χ0v) is 21.3. The highest BCUT2D eigenvalue weighted by atomic mass is 79.9. The van der Waals surface area contributed by atoms with Crippen molar-refractivity contribution in [2.24, 2.45) is 11.8 Å². The Bertz CT molecular complexity index is 911. The second-order valence-corrected chi connectivity index (χ2v) is 11.7. The number of piperidine rings is 3. The first-order valence-corrected chi connectivity index (χ1v) is 12.4. The van der Waals surface area contributed by atoms with Crippen molar-refractivity contribution in [2.75, 3.05) is 31.1 Å². The smallest absolute Gasteiger partial charge is 0.415 e. The fraction of sp³-hybridized carbons (Fsp3) is 0.522. The molecule has 31 heavy (non-hydrogen) atoms. The van der Waals surface area contributed by atoms with E-state index in [-0.39, 0.29) is 35.0 Å². The second-order valence-electron chi connectivity index (χ2n) is 9.13. The summed E-state index contributed by atoms with van der Waals surface area (Å²) in [4.78, 5) is 16.0. The van der Waals surface area contributed by atoms with Crippen molar-refractivity contribution < 1.29 is 35.4 Å². The molecule has 6 rings (SSSR count). The Balaban J connectivity index is 0.00000231. The Hall–Kier alpha value is -0.960. The second kappa shape index (κ2) is 9.49. The van der Waals surface area contributed by atoms with Gasteiger partial charge in [-0.25, -0.2) is 9.18 Å². The molecule has 3 saturated heterocycles. The minimum Gasteiger partial charge on any atom is -1.00 e. The van der Waals surface area contributed by atoms with Crippen molar-refractivity contribution in [2.45, 2.75) is 38.3 Å². The maximum absolute atomic E-state index is 13.5. The molecule has 0 radical (unpaired) electrons. The highest BCUT2D eigenvalue weighted by molar-refractivity contribution is 9.11. The largest absolute Gasteiger partial charge is 1.00 e. The summed E-state index contributed by atoms with van der Waals surface area (Å²) in [5.41, 5.74) is 0.661. The Kier molecular flexibility index (Phi) is 7.11. The van der Waals surface area contributed by atoms with Crippen molar-refractivity contribution in [1.29, 1.82) is 0 Å². The summed E-state index contributed by atoms with van der Waals surface area (Å²) < 4.78 is 21.8. The quantitative estimate of drug-likeness (QED) is 0.497. The Morgan fingerprint density at radius 1 is 1.13 bits per heavy atom. The predicted molar refractivity (Wildman–Crippen MR) is 120 cm³/mol. The molecule has 4 heterocycles. The standard InChI is InChI=1S/C23H27BrFN2O2S.BrH/c24-22-8-7-20(30-22)13-26(19-5-3-18(25)4-6-19)23(28)29-21-15-27(14-16-1-2-16)11-9-17(21)10-12-27;/h3-8,16-17,21H,1-2,9-15H2;1H/q+1;/p-1/t17?,21-,27?;/m0./s1. The molecule has 4 nitrogen and oxygen atoms in total. The van der Waals surface area contributed by atoms with Crippen LogP contribution in [0, 0.1) is 17.7 Å². The van der Waals surface area contributed by atoms with Gasteiger partial charge in [-0.05, 0) is 65.2 Å². The van der Waals surface area contributed by atoms with Crippen molar-refractivity contribution >= 4 is 39.0 Å². The van der Waals surface area contributed by atoms with Gasteiger partial charge in [-0.1, -0.05) is 0 Å². The van der Waals surface area contributed by atoms with Crippen molar-refractivity contribution in [1.82, 2.24) is 0 Å². The van der Waals surface area contributed by atoms with E-state index < -0.39 is 0 Å². The lowest BCUT2D eigenvalue weighted by atomic mass is 9.83. The maximum atomic E-state index is 13.5. The van der Waals surface area contributed by atoms with Crippen LogP contribution in [0.15, 0.2) is 40.2 Å². The molecule has 2 aromatic rings. The summed E-state index contributed by atoms with van der Waals surface area (Å²) in [6.07, 6.45) is 4.69. The van der Waals surface area contributed by atoms with Gasteiger partial charge < -0.3 is 26.2 Å². The summed E-state index contributed by atoms with van der Waals surface area (Å²) in [5.74, 6) is 1.04. The number of thiophene rings is 1. The summed E-state index contributed by atoms with van der Waals surface area (Å²) in [5, 5.41) is 0. The van der Waals surface area contributed by atoms with Gasteiger partial charge in [0.2, 0.25) is 0 Å². The van der Waals surface area contributed by atoms with Gasteiger partial charge in [0.1, 0.15) is 12.4 Å². The molecule has 1 aliphatic carbocycles. The van der Waals surface area contributed by atoms with Crippen LogP contribution in [0.2, 0.25) is 0 Å². The third-order valence-corrected chi connectivity index (χ3v) is 8.55. The molecule has 8 heteroatoms. The fourth-order valence-corrected chi connectivity index (χ4v) is 6.60. The van der Waals surface area contributed by atoms with E-state index in [9.17, 15) is 9.18 Å². The Morgan fingerprint density at radius 3 is 2.45 bits per heavy atom. The van der Waals surface area contributed by atoms with Gasteiger partial charge in [0.25, 0.3) is 0 Å². The topological polar surface area (TPSA) is 29.5 Å². The highest BCUT2D eigenvalue weighted by Crippen LogP contribution is 2.41. The van der Waals surface area contributed by atoms with Crippen LogP contribution in [0.4, 0.5) is 14.9 Å². The molecule has 2 bridgehead atoms. The number of anilines is 1. The number of carbonyl (C=O) groups excluding carboxylic acids is 1. The lowest BCUT2D eigenvalue weighted by Crippen LogP contribution is -3.00. The van der Waals surface area contributed by atoms with E-state index in [1.54, 1.807) is 28.4 Å². The molecule has 168 valence electrons. The number of benzene rings is 1. The number of hydrogen-bond acceptors (Lipinski definition) is 3. The van der Waals surface area contributed by atoms with Gasteiger partial charge >= 0.3 is 6.09 Å². The molecule has 0 spiro atoms.